The molecule has 0 saturated heterocycles. The first kappa shape index (κ1) is 11.2. The Kier molecular flexibility index (Phi) is 3.31. The highest BCUT2D eigenvalue weighted by Gasteiger charge is 2.14. The van der Waals surface area contributed by atoms with Gasteiger partial charge in [-0.05, 0) is 26.8 Å². The fourth-order valence-electron chi connectivity index (χ4n) is 1.44. The predicted octanol–water partition coefficient (Wildman–Crippen LogP) is 1.70. The first-order valence-electron chi connectivity index (χ1n) is 5.17. The van der Waals surface area contributed by atoms with Crippen LogP contribution in [0.4, 0.5) is 0 Å². The molecule has 0 saturated carbocycles. The number of thiazole rings is 1. The lowest BCUT2D eigenvalue weighted by molar-refractivity contribution is 0.422. The van der Waals surface area contributed by atoms with Crippen molar-refractivity contribution in [3.8, 4) is 10.8 Å². The molecule has 0 radical (unpaired) electrons. The first-order valence-corrected chi connectivity index (χ1v) is 5.99. The maximum atomic E-state index is 5.43. The van der Waals surface area contributed by atoms with Crippen molar-refractivity contribution >= 4 is 11.3 Å². The van der Waals surface area contributed by atoms with Crippen LogP contribution in [0.1, 0.15) is 22.9 Å². The molecule has 0 unspecified atom stereocenters. The van der Waals surface area contributed by atoms with Gasteiger partial charge in [0.15, 0.2) is 5.82 Å². The van der Waals surface area contributed by atoms with Gasteiger partial charge < -0.3 is 10.3 Å². The Morgan fingerprint density at radius 1 is 1.31 bits per heavy atom. The van der Waals surface area contributed by atoms with Gasteiger partial charge in [-0.2, -0.15) is 4.98 Å². The molecular weight excluding hydrogens is 224 g/mol. The Balaban J connectivity index is 2.21. The van der Waals surface area contributed by atoms with Crippen LogP contribution >= 0.6 is 11.3 Å². The molecule has 0 amide bonds. The molecule has 0 bridgehead atoms. The van der Waals surface area contributed by atoms with Crippen molar-refractivity contribution in [2.45, 2.75) is 26.7 Å². The van der Waals surface area contributed by atoms with E-state index in [1.54, 1.807) is 11.3 Å². The van der Waals surface area contributed by atoms with Gasteiger partial charge in [-0.3, -0.25) is 0 Å². The van der Waals surface area contributed by atoms with E-state index in [2.05, 4.69) is 15.1 Å². The molecule has 0 aliphatic rings. The number of hydrogen-bond acceptors (Lipinski definition) is 6. The van der Waals surface area contributed by atoms with E-state index in [-0.39, 0.29) is 0 Å². The van der Waals surface area contributed by atoms with Gasteiger partial charge >= 0.3 is 0 Å². The molecule has 0 fully saturated rings. The standard InChI is InChI=1S/C10H14N4OS/c1-6-9(16-7(2)12-6)10-13-8(14-15-10)4-3-5-11/h3-5,11H2,1-2H3. The lowest BCUT2D eigenvalue weighted by Gasteiger charge is -1.89. The van der Waals surface area contributed by atoms with E-state index in [1.165, 1.54) is 0 Å². The summed E-state index contributed by atoms with van der Waals surface area (Å²) in [6, 6.07) is 0. The van der Waals surface area contributed by atoms with Crippen molar-refractivity contribution in [2.24, 2.45) is 5.73 Å². The molecule has 0 aliphatic heterocycles. The molecule has 6 heteroatoms. The van der Waals surface area contributed by atoms with E-state index in [1.807, 2.05) is 13.8 Å². The van der Waals surface area contributed by atoms with Crippen LogP contribution in [0.5, 0.6) is 0 Å². The molecule has 16 heavy (non-hydrogen) atoms. The Hall–Kier alpha value is -1.27. The third kappa shape index (κ3) is 2.28. The highest BCUT2D eigenvalue weighted by molar-refractivity contribution is 7.15. The summed E-state index contributed by atoms with van der Waals surface area (Å²) in [7, 11) is 0. The molecule has 2 aromatic heterocycles. The van der Waals surface area contributed by atoms with Gasteiger partial charge in [0.2, 0.25) is 0 Å². The molecule has 2 N–H and O–H groups in total. The number of rotatable bonds is 4. The maximum Gasteiger partial charge on any atom is 0.269 e. The summed E-state index contributed by atoms with van der Waals surface area (Å²) in [6.45, 7) is 4.55. The summed E-state index contributed by atoms with van der Waals surface area (Å²) in [5.74, 6) is 1.28. The molecule has 0 spiro atoms. The van der Waals surface area contributed by atoms with Gasteiger partial charge in [0, 0.05) is 6.42 Å². The fraction of sp³-hybridized carbons (Fsp3) is 0.500. The summed E-state index contributed by atoms with van der Waals surface area (Å²) in [5, 5.41) is 4.93. The quantitative estimate of drug-likeness (QED) is 0.877. The van der Waals surface area contributed by atoms with Crippen LogP contribution in [0.15, 0.2) is 4.52 Å². The smallest absolute Gasteiger partial charge is 0.269 e. The van der Waals surface area contributed by atoms with Crippen LogP contribution < -0.4 is 5.73 Å². The highest BCUT2D eigenvalue weighted by atomic mass is 32.1. The van der Waals surface area contributed by atoms with E-state index in [4.69, 9.17) is 10.3 Å². The summed E-state index contributed by atoms with van der Waals surface area (Å²) in [5.41, 5.74) is 6.37. The first-order chi connectivity index (χ1) is 7.70. The van der Waals surface area contributed by atoms with E-state index in [9.17, 15) is 0 Å². The van der Waals surface area contributed by atoms with Crippen LogP contribution in [0.3, 0.4) is 0 Å². The molecule has 0 aliphatic carbocycles. The highest BCUT2D eigenvalue weighted by Crippen LogP contribution is 2.28. The van der Waals surface area contributed by atoms with Gasteiger partial charge in [-0.15, -0.1) is 11.3 Å². The van der Waals surface area contributed by atoms with Crippen LogP contribution in [-0.2, 0) is 6.42 Å². The summed E-state index contributed by atoms with van der Waals surface area (Å²) >= 11 is 1.57. The van der Waals surface area contributed by atoms with Gasteiger partial charge in [0.05, 0.1) is 10.7 Å². The molecule has 2 aromatic rings. The molecule has 0 aromatic carbocycles. The molecular formula is C10H14N4OS. The zero-order valence-electron chi connectivity index (χ0n) is 9.36. The second kappa shape index (κ2) is 4.71. The van der Waals surface area contributed by atoms with E-state index in [0.29, 0.717) is 18.3 Å². The molecule has 2 rings (SSSR count). The van der Waals surface area contributed by atoms with E-state index < -0.39 is 0 Å². The Labute approximate surface area is 97.7 Å². The van der Waals surface area contributed by atoms with Crippen molar-refractivity contribution in [1.29, 1.82) is 0 Å². The van der Waals surface area contributed by atoms with Gasteiger partial charge in [-0.1, -0.05) is 5.16 Å². The number of nitrogens with zero attached hydrogens (tertiary/aromatic N) is 3. The van der Waals surface area contributed by atoms with Crippen LogP contribution in [0.2, 0.25) is 0 Å². The minimum atomic E-state index is 0.565. The largest absolute Gasteiger partial charge is 0.333 e. The Bertz CT molecular complexity index is 477. The molecule has 5 nitrogen and oxygen atoms in total. The zero-order valence-corrected chi connectivity index (χ0v) is 10.2. The molecule has 0 atom stereocenters. The summed E-state index contributed by atoms with van der Waals surface area (Å²) < 4.78 is 5.21. The van der Waals surface area contributed by atoms with Crippen LogP contribution in [0, 0.1) is 13.8 Å². The van der Waals surface area contributed by atoms with Crippen molar-refractivity contribution < 1.29 is 4.52 Å². The van der Waals surface area contributed by atoms with Crippen molar-refractivity contribution in [3.63, 3.8) is 0 Å². The average molecular weight is 238 g/mol. The minimum absolute atomic E-state index is 0.565. The number of nitrogens with two attached hydrogens (primary N) is 1. The average Bonchev–Trinajstić information content (AvgIpc) is 2.82. The van der Waals surface area contributed by atoms with Crippen molar-refractivity contribution in [3.05, 3.63) is 16.5 Å². The second-order valence-corrected chi connectivity index (χ2v) is 4.76. The molecule has 2 heterocycles. The van der Waals surface area contributed by atoms with Crippen LogP contribution in [-0.4, -0.2) is 21.7 Å². The normalized spacial score (nSPS) is 10.9. The van der Waals surface area contributed by atoms with Gasteiger partial charge in [0.25, 0.3) is 5.89 Å². The van der Waals surface area contributed by atoms with E-state index in [0.717, 1.165) is 28.4 Å². The fourth-order valence-corrected chi connectivity index (χ4v) is 2.28. The lowest BCUT2D eigenvalue weighted by Crippen LogP contribution is -2.01. The SMILES string of the molecule is Cc1nc(C)c(-c2nc(CCCN)no2)s1. The summed E-state index contributed by atoms with van der Waals surface area (Å²) in [6.07, 6.45) is 1.64. The maximum absolute atomic E-state index is 5.43. The minimum Gasteiger partial charge on any atom is -0.333 e. The lowest BCUT2D eigenvalue weighted by atomic mass is 10.3. The van der Waals surface area contributed by atoms with Crippen molar-refractivity contribution in [2.75, 3.05) is 6.54 Å². The monoisotopic (exact) mass is 238 g/mol. The predicted molar refractivity (Wildman–Crippen MR) is 62.3 cm³/mol. The molecule has 86 valence electrons. The van der Waals surface area contributed by atoms with Gasteiger partial charge in [-0.25, -0.2) is 4.98 Å². The van der Waals surface area contributed by atoms with Crippen molar-refractivity contribution in [1.82, 2.24) is 15.1 Å². The Morgan fingerprint density at radius 2 is 2.12 bits per heavy atom. The van der Waals surface area contributed by atoms with Crippen LogP contribution in [0.25, 0.3) is 10.8 Å². The number of hydrogen-bond donors (Lipinski definition) is 1. The number of aryl methyl sites for hydroxylation is 3. The third-order valence-electron chi connectivity index (χ3n) is 2.17. The Morgan fingerprint density at radius 3 is 2.75 bits per heavy atom. The van der Waals surface area contributed by atoms with Gasteiger partial charge in [0.1, 0.15) is 4.88 Å². The third-order valence-corrected chi connectivity index (χ3v) is 3.23. The summed E-state index contributed by atoms with van der Waals surface area (Å²) in [4.78, 5) is 9.62. The second-order valence-electron chi connectivity index (χ2n) is 3.56. The zero-order chi connectivity index (χ0) is 11.5. The number of aromatic nitrogens is 3. The topological polar surface area (TPSA) is 77.8 Å². The van der Waals surface area contributed by atoms with E-state index >= 15 is 0 Å².